The van der Waals surface area contributed by atoms with Crippen molar-refractivity contribution in [3.05, 3.63) is 0 Å². The van der Waals surface area contributed by atoms with Gasteiger partial charge in [0.25, 0.3) is 0 Å². The van der Waals surface area contributed by atoms with Crippen LogP contribution in [0.3, 0.4) is 0 Å². The molecule has 106 valence electrons. The van der Waals surface area contributed by atoms with Crippen LogP contribution in [0.1, 0.15) is 33.6 Å². The smallest absolute Gasteiger partial charge is 0.344 e. The minimum Gasteiger partial charge on any atom is -0.344 e. The Bertz CT molecular complexity index is 291. The van der Waals surface area contributed by atoms with E-state index in [1.807, 2.05) is 20.8 Å². The van der Waals surface area contributed by atoms with Gasteiger partial charge in [-0.3, -0.25) is 4.79 Å². The number of halogens is 3. The SMILES string of the molecule is CC(C)(C)[C@@H](CN1CCCC1)NC(=O)C(F)(F)F. The Morgan fingerprint density at radius 2 is 1.72 bits per heavy atom. The summed E-state index contributed by atoms with van der Waals surface area (Å²) in [6, 6.07) is -0.496. The summed E-state index contributed by atoms with van der Waals surface area (Å²) in [6.07, 6.45) is -2.66. The molecule has 1 heterocycles. The summed E-state index contributed by atoms with van der Waals surface area (Å²) >= 11 is 0. The van der Waals surface area contributed by atoms with Gasteiger partial charge in [0.2, 0.25) is 0 Å². The first-order chi connectivity index (χ1) is 8.10. The van der Waals surface area contributed by atoms with Gasteiger partial charge in [-0.25, -0.2) is 0 Å². The predicted octanol–water partition coefficient (Wildman–Crippen LogP) is 2.18. The van der Waals surface area contributed by atoms with Crippen LogP contribution in [-0.4, -0.2) is 42.7 Å². The van der Waals surface area contributed by atoms with Crippen LogP contribution in [-0.2, 0) is 4.79 Å². The third kappa shape index (κ3) is 4.48. The largest absolute Gasteiger partial charge is 0.471 e. The van der Waals surface area contributed by atoms with Crippen LogP contribution in [0.15, 0.2) is 0 Å². The molecular weight excluding hydrogens is 245 g/mol. The normalized spacial score (nSPS) is 19.9. The van der Waals surface area contributed by atoms with Crippen molar-refractivity contribution >= 4 is 5.91 Å². The van der Waals surface area contributed by atoms with Gasteiger partial charge in [-0.15, -0.1) is 0 Å². The topological polar surface area (TPSA) is 32.3 Å². The number of carbonyl (C=O) groups excluding carboxylic acids is 1. The number of amides is 1. The average Bonchev–Trinajstić information content (AvgIpc) is 2.66. The molecule has 0 bridgehead atoms. The molecule has 1 rings (SSSR count). The number of rotatable bonds is 3. The van der Waals surface area contributed by atoms with E-state index in [4.69, 9.17) is 0 Å². The first kappa shape index (κ1) is 15.3. The molecule has 6 heteroatoms. The van der Waals surface area contributed by atoms with E-state index in [0.29, 0.717) is 6.54 Å². The summed E-state index contributed by atoms with van der Waals surface area (Å²) in [4.78, 5) is 13.1. The van der Waals surface area contributed by atoms with E-state index >= 15 is 0 Å². The van der Waals surface area contributed by atoms with Crippen molar-refractivity contribution in [2.45, 2.75) is 45.8 Å². The molecule has 0 aromatic heterocycles. The third-order valence-electron chi connectivity index (χ3n) is 3.25. The molecule has 18 heavy (non-hydrogen) atoms. The lowest BCUT2D eigenvalue weighted by atomic mass is 9.86. The second-order valence-electron chi connectivity index (χ2n) is 5.90. The number of likely N-dealkylation sites (tertiary alicyclic amines) is 1. The first-order valence-electron chi connectivity index (χ1n) is 6.21. The van der Waals surface area contributed by atoms with Gasteiger partial charge in [0.15, 0.2) is 0 Å². The van der Waals surface area contributed by atoms with Crippen molar-refractivity contribution in [2.75, 3.05) is 19.6 Å². The summed E-state index contributed by atoms with van der Waals surface area (Å²) in [6.45, 7) is 7.79. The van der Waals surface area contributed by atoms with Gasteiger partial charge in [0.05, 0.1) is 0 Å². The van der Waals surface area contributed by atoms with Gasteiger partial charge in [-0.1, -0.05) is 20.8 Å². The standard InChI is InChI=1S/C12H21F3N2O/c1-11(2,3)9(8-17-6-4-5-7-17)16-10(18)12(13,14)15/h9H,4-8H2,1-3H3,(H,16,18)/t9-/m1/s1. The minimum atomic E-state index is -4.81. The van der Waals surface area contributed by atoms with Crippen molar-refractivity contribution in [3.63, 3.8) is 0 Å². The van der Waals surface area contributed by atoms with Crippen molar-refractivity contribution in [3.8, 4) is 0 Å². The molecule has 0 aromatic rings. The maximum atomic E-state index is 12.3. The summed E-state index contributed by atoms with van der Waals surface area (Å²) in [7, 11) is 0. The Kier molecular flexibility index (Phi) is 4.64. The van der Waals surface area contributed by atoms with Gasteiger partial charge in [0, 0.05) is 12.6 Å². The lowest BCUT2D eigenvalue weighted by Crippen LogP contribution is -2.53. The molecule has 0 saturated carbocycles. The van der Waals surface area contributed by atoms with E-state index < -0.39 is 23.5 Å². The summed E-state index contributed by atoms with van der Waals surface area (Å²) in [5.41, 5.74) is -0.399. The fourth-order valence-electron chi connectivity index (χ4n) is 2.00. The van der Waals surface area contributed by atoms with E-state index in [9.17, 15) is 18.0 Å². The Morgan fingerprint density at radius 1 is 1.22 bits per heavy atom. The summed E-state index contributed by atoms with van der Waals surface area (Å²) < 4.78 is 36.9. The molecule has 1 aliphatic heterocycles. The highest BCUT2D eigenvalue weighted by atomic mass is 19.4. The zero-order chi connectivity index (χ0) is 14.0. The molecule has 1 fully saturated rings. The monoisotopic (exact) mass is 266 g/mol. The van der Waals surface area contributed by atoms with Gasteiger partial charge in [0.1, 0.15) is 0 Å². The van der Waals surface area contributed by atoms with Gasteiger partial charge >= 0.3 is 12.1 Å². The van der Waals surface area contributed by atoms with E-state index in [-0.39, 0.29) is 0 Å². The number of hydrogen-bond donors (Lipinski definition) is 1. The van der Waals surface area contributed by atoms with Gasteiger partial charge in [-0.2, -0.15) is 13.2 Å². The lowest BCUT2D eigenvalue weighted by molar-refractivity contribution is -0.175. The van der Waals surface area contributed by atoms with E-state index in [1.54, 1.807) is 0 Å². The number of carbonyl (C=O) groups is 1. The van der Waals surface area contributed by atoms with Crippen LogP contribution in [0.4, 0.5) is 13.2 Å². The molecule has 1 amide bonds. The number of hydrogen-bond acceptors (Lipinski definition) is 2. The van der Waals surface area contributed by atoms with Crippen molar-refractivity contribution in [2.24, 2.45) is 5.41 Å². The van der Waals surface area contributed by atoms with Crippen LogP contribution in [0.2, 0.25) is 0 Å². The van der Waals surface area contributed by atoms with E-state index in [0.717, 1.165) is 25.9 Å². The van der Waals surface area contributed by atoms with Gasteiger partial charge in [-0.05, 0) is 31.3 Å². The molecule has 1 N–H and O–H groups in total. The molecule has 1 saturated heterocycles. The molecule has 3 nitrogen and oxygen atoms in total. The summed E-state index contributed by atoms with van der Waals surface area (Å²) in [5.74, 6) is -1.85. The van der Waals surface area contributed by atoms with E-state index in [1.165, 1.54) is 0 Å². The number of nitrogens with one attached hydrogen (secondary N) is 1. The van der Waals surface area contributed by atoms with Crippen molar-refractivity contribution in [1.82, 2.24) is 10.2 Å². The van der Waals surface area contributed by atoms with Crippen molar-refractivity contribution in [1.29, 1.82) is 0 Å². The van der Waals surface area contributed by atoms with E-state index in [2.05, 4.69) is 10.2 Å². The average molecular weight is 266 g/mol. The molecule has 0 aromatic carbocycles. The van der Waals surface area contributed by atoms with Crippen LogP contribution >= 0.6 is 0 Å². The Balaban J connectivity index is 2.64. The maximum absolute atomic E-state index is 12.3. The van der Waals surface area contributed by atoms with Crippen molar-refractivity contribution < 1.29 is 18.0 Å². The Hall–Kier alpha value is -0.780. The third-order valence-corrected chi connectivity index (χ3v) is 3.25. The Morgan fingerprint density at radius 3 is 2.11 bits per heavy atom. The number of nitrogens with zero attached hydrogens (tertiary/aromatic N) is 1. The van der Waals surface area contributed by atoms with Crippen LogP contribution < -0.4 is 5.32 Å². The zero-order valence-corrected chi connectivity index (χ0v) is 11.1. The molecule has 0 unspecified atom stereocenters. The summed E-state index contributed by atoms with van der Waals surface area (Å²) in [5, 5.41) is 2.12. The maximum Gasteiger partial charge on any atom is 0.471 e. The molecule has 1 aliphatic rings. The minimum absolute atomic E-state index is 0.399. The molecule has 1 atom stereocenters. The van der Waals surface area contributed by atoms with Crippen LogP contribution in [0.5, 0.6) is 0 Å². The lowest BCUT2D eigenvalue weighted by Gasteiger charge is -2.34. The highest BCUT2D eigenvalue weighted by Gasteiger charge is 2.41. The first-order valence-corrected chi connectivity index (χ1v) is 6.21. The van der Waals surface area contributed by atoms with Crippen LogP contribution in [0.25, 0.3) is 0 Å². The molecule has 0 aliphatic carbocycles. The second kappa shape index (κ2) is 5.47. The quantitative estimate of drug-likeness (QED) is 0.849. The number of alkyl halides is 3. The molecular formula is C12H21F3N2O. The fraction of sp³-hybridized carbons (Fsp3) is 0.917. The Labute approximate surface area is 106 Å². The highest BCUT2D eigenvalue weighted by molar-refractivity contribution is 5.82. The predicted molar refractivity (Wildman–Crippen MR) is 63.1 cm³/mol. The second-order valence-corrected chi connectivity index (χ2v) is 5.90. The zero-order valence-electron chi connectivity index (χ0n) is 11.1. The highest BCUT2D eigenvalue weighted by Crippen LogP contribution is 2.23. The van der Waals surface area contributed by atoms with Gasteiger partial charge < -0.3 is 10.2 Å². The molecule has 0 spiro atoms. The van der Waals surface area contributed by atoms with Crippen LogP contribution in [0, 0.1) is 5.41 Å². The molecule has 0 radical (unpaired) electrons. The fourth-order valence-corrected chi connectivity index (χ4v) is 2.00.